The van der Waals surface area contributed by atoms with Crippen molar-refractivity contribution >= 4 is 23.1 Å². The number of aliphatic hydroxyl groups is 2. The number of ketones is 4. The quantitative estimate of drug-likeness (QED) is 0.274. The van der Waals surface area contributed by atoms with Crippen molar-refractivity contribution in [3.63, 3.8) is 0 Å². The van der Waals surface area contributed by atoms with Gasteiger partial charge in [-0.15, -0.1) is 0 Å². The summed E-state index contributed by atoms with van der Waals surface area (Å²) >= 11 is 0. The minimum Gasteiger partial charge on any atom is -0.507 e. The van der Waals surface area contributed by atoms with Crippen molar-refractivity contribution in [3.8, 4) is 16.9 Å². The molecule has 41 heavy (non-hydrogen) atoms. The number of aromatic hydroxyl groups is 1. The lowest BCUT2D eigenvalue weighted by Crippen LogP contribution is -2.32. The van der Waals surface area contributed by atoms with Crippen molar-refractivity contribution in [1.82, 2.24) is 4.90 Å². The fourth-order valence-electron chi connectivity index (χ4n) is 5.85. The summed E-state index contributed by atoms with van der Waals surface area (Å²) in [5, 5.41) is 30.2. The minimum atomic E-state index is -0.784. The van der Waals surface area contributed by atoms with E-state index in [9.17, 15) is 34.5 Å². The van der Waals surface area contributed by atoms with Crippen LogP contribution in [0, 0.1) is 17.8 Å². The van der Waals surface area contributed by atoms with Crippen LogP contribution in [0.15, 0.2) is 36.4 Å². The largest absolute Gasteiger partial charge is 0.507 e. The van der Waals surface area contributed by atoms with Crippen LogP contribution in [0.1, 0.15) is 63.4 Å². The van der Waals surface area contributed by atoms with Gasteiger partial charge in [-0.25, -0.2) is 0 Å². The molecular weight excluding hydrogens is 526 g/mol. The number of phenols is 1. The van der Waals surface area contributed by atoms with Gasteiger partial charge in [0, 0.05) is 28.2 Å². The van der Waals surface area contributed by atoms with Crippen LogP contribution in [-0.4, -0.2) is 82.7 Å². The smallest absolute Gasteiger partial charge is 0.167 e. The number of hydrogen-bond acceptors (Lipinski definition) is 8. The van der Waals surface area contributed by atoms with Gasteiger partial charge in [-0.3, -0.25) is 19.2 Å². The van der Waals surface area contributed by atoms with Gasteiger partial charge in [0.05, 0.1) is 25.1 Å². The molecule has 3 atom stereocenters. The van der Waals surface area contributed by atoms with E-state index < -0.39 is 12.5 Å². The molecule has 3 rings (SSSR count). The van der Waals surface area contributed by atoms with E-state index in [2.05, 4.69) is 0 Å². The van der Waals surface area contributed by atoms with Crippen LogP contribution >= 0.6 is 0 Å². The molecule has 0 radical (unpaired) electrons. The van der Waals surface area contributed by atoms with Crippen molar-refractivity contribution in [3.05, 3.63) is 53.1 Å². The van der Waals surface area contributed by atoms with Crippen LogP contribution in [0.4, 0.5) is 0 Å². The maximum atomic E-state index is 13.2. The van der Waals surface area contributed by atoms with Gasteiger partial charge in [0.2, 0.25) is 0 Å². The zero-order valence-electron chi connectivity index (χ0n) is 24.2. The number of likely N-dealkylation sites (N-methyl/N-ethyl adjacent to an activating group) is 1. The zero-order chi connectivity index (χ0) is 29.4. The Labute approximate surface area is 244 Å². The molecule has 0 aromatic heterocycles. The second-order valence-electron chi connectivity index (χ2n) is 11.3. The van der Waals surface area contributed by atoms with E-state index in [0.717, 1.165) is 22.3 Å². The predicted molar refractivity (Wildman–Crippen MR) is 160 cm³/mol. The predicted octanol–water partition coefficient (Wildman–Crippen LogP) is 3.08. The first-order valence-corrected chi connectivity index (χ1v) is 13.9. The maximum Gasteiger partial charge on any atom is 0.167 e. The molecule has 0 saturated heterocycles. The second kappa shape index (κ2) is 15.7. The molecule has 5 N–H and O–H groups in total. The molecule has 0 amide bonds. The summed E-state index contributed by atoms with van der Waals surface area (Å²) in [5.74, 6) is -2.01. The van der Waals surface area contributed by atoms with Gasteiger partial charge in [-0.05, 0) is 86.9 Å². The van der Waals surface area contributed by atoms with Crippen LogP contribution in [0.5, 0.6) is 5.75 Å². The van der Waals surface area contributed by atoms with Crippen LogP contribution in [-0.2, 0) is 27.2 Å². The highest BCUT2D eigenvalue weighted by Gasteiger charge is 2.35. The molecule has 0 heterocycles. The number of aryl methyl sites for hydroxylation is 1. The summed E-state index contributed by atoms with van der Waals surface area (Å²) in [4.78, 5) is 51.3. The van der Waals surface area contributed by atoms with E-state index in [1.807, 2.05) is 43.3 Å². The number of hydrogen-bond donors (Lipinski definition) is 3. The number of fused-ring (bicyclic) bond motifs is 1. The van der Waals surface area contributed by atoms with E-state index >= 15 is 0 Å². The van der Waals surface area contributed by atoms with Gasteiger partial charge in [-0.1, -0.05) is 30.3 Å². The van der Waals surface area contributed by atoms with Gasteiger partial charge in [0.1, 0.15) is 23.1 Å². The Morgan fingerprint density at radius 1 is 1.05 bits per heavy atom. The number of phenolic OH excluding ortho intramolecular Hbond substituents is 1. The van der Waals surface area contributed by atoms with Crippen LogP contribution < -0.4 is 0 Å². The number of nitrogens with zero attached hydrogens (tertiary/aromatic N) is 1. The third-order valence-corrected chi connectivity index (χ3v) is 7.73. The summed E-state index contributed by atoms with van der Waals surface area (Å²) in [5.41, 5.74) is 3.83. The Kier molecular flexibility index (Phi) is 13.0. The summed E-state index contributed by atoms with van der Waals surface area (Å²) in [7, 11) is 3.73. The van der Waals surface area contributed by atoms with E-state index in [1.54, 1.807) is 6.07 Å². The lowest BCUT2D eigenvalue weighted by atomic mass is 9.72. The number of carbonyl (C=O) groups is 4. The van der Waals surface area contributed by atoms with Crippen molar-refractivity contribution in [2.24, 2.45) is 17.8 Å². The first-order valence-electron chi connectivity index (χ1n) is 13.9. The van der Waals surface area contributed by atoms with Gasteiger partial charge in [0.15, 0.2) is 5.78 Å². The molecule has 1 aliphatic carbocycles. The highest BCUT2D eigenvalue weighted by molar-refractivity contribution is 6.03. The molecule has 9 nitrogen and oxygen atoms in total. The molecule has 2 aromatic rings. The SMILES string of the molecule is CC(=O)CC(=O)C(CO)C(CCO)CC1CC(=O)c2c(O)ccc(-c3ccc(CCC(=O)CN(C)C)cc3)c2C1.O.[HH].[HH]. The number of benzene rings is 2. The van der Waals surface area contributed by atoms with Crippen molar-refractivity contribution in [2.75, 3.05) is 33.9 Å². The lowest BCUT2D eigenvalue weighted by Gasteiger charge is -2.31. The summed E-state index contributed by atoms with van der Waals surface area (Å²) in [6.45, 7) is 1.14. The van der Waals surface area contributed by atoms with E-state index in [0.29, 0.717) is 37.8 Å². The average molecular weight is 574 g/mol. The minimum absolute atomic E-state index is 0. The van der Waals surface area contributed by atoms with Gasteiger partial charge in [0.25, 0.3) is 0 Å². The Hall–Kier alpha value is -3.24. The zero-order valence-corrected chi connectivity index (χ0v) is 24.2. The molecular formula is C32H47NO8. The first-order chi connectivity index (χ1) is 19.0. The third-order valence-electron chi connectivity index (χ3n) is 7.73. The van der Waals surface area contributed by atoms with Crippen LogP contribution in [0.25, 0.3) is 11.1 Å². The van der Waals surface area contributed by atoms with Crippen LogP contribution in [0.3, 0.4) is 0 Å². The summed E-state index contributed by atoms with van der Waals surface area (Å²) in [6.07, 6.45) is 2.21. The Morgan fingerprint density at radius 3 is 2.32 bits per heavy atom. The fraction of sp³-hybridized carbons (Fsp3) is 0.500. The van der Waals surface area contributed by atoms with Gasteiger partial charge < -0.3 is 25.7 Å². The number of carbonyl (C=O) groups excluding carboxylic acids is 4. The molecule has 0 saturated carbocycles. The molecule has 0 spiro atoms. The van der Waals surface area contributed by atoms with E-state index in [4.69, 9.17) is 0 Å². The maximum absolute atomic E-state index is 13.2. The average Bonchev–Trinajstić information content (AvgIpc) is 2.87. The monoisotopic (exact) mass is 573 g/mol. The molecule has 0 bridgehead atoms. The number of Topliss-reactive ketones (excluding diaryl/α,β-unsaturated/α-hetero) is 4. The Morgan fingerprint density at radius 2 is 1.73 bits per heavy atom. The molecule has 9 heteroatoms. The fourth-order valence-corrected chi connectivity index (χ4v) is 5.85. The van der Waals surface area contributed by atoms with Crippen molar-refractivity contribution in [2.45, 2.75) is 51.9 Å². The molecule has 228 valence electrons. The lowest BCUT2D eigenvalue weighted by molar-refractivity contribution is -0.131. The van der Waals surface area contributed by atoms with Crippen molar-refractivity contribution in [1.29, 1.82) is 0 Å². The molecule has 3 unspecified atom stereocenters. The highest BCUT2D eigenvalue weighted by Crippen LogP contribution is 2.41. The van der Waals surface area contributed by atoms with Crippen molar-refractivity contribution < 1.29 is 42.8 Å². The summed E-state index contributed by atoms with van der Waals surface area (Å²) in [6, 6.07) is 11.2. The highest BCUT2D eigenvalue weighted by atomic mass is 16.3. The molecule has 0 fully saturated rings. The standard InChI is InChI=1S/C32H41NO7.H2O.2H2/c1-20(36)14-30(39)28(19-35)24(12-13-34)15-22-16-27-26(10-11-29(38)32(27)31(40)17-22)23-7-4-21(5-8-23)6-9-25(37)18-33(2)3;;;/h4-5,7-8,10-11,22,24,28,34-35,38H,6,9,12-19H2,1-3H3;1H2;2*1H. The van der Waals surface area contributed by atoms with Gasteiger partial charge >= 0.3 is 0 Å². The second-order valence-corrected chi connectivity index (χ2v) is 11.3. The molecule has 2 aromatic carbocycles. The molecule has 1 aliphatic rings. The normalized spacial score (nSPS) is 16.0. The molecule has 0 aliphatic heterocycles. The summed E-state index contributed by atoms with van der Waals surface area (Å²) < 4.78 is 0. The number of aliphatic hydroxyl groups excluding tert-OH is 2. The van der Waals surface area contributed by atoms with E-state index in [-0.39, 0.29) is 74.9 Å². The number of rotatable bonds is 15. The Bertz CT molecular complexity index is 1230. The Balaban J connectivity index is 0.00000588. The topological polar surface area (TPSA) is 164 Å². The third kappa shape index (κ3) is 9.13. The first kappa shape index (κ1) is 34.0. The van der Waals surface area contributed by atoms with E-state index in [1.165, 1.54) is 13.0 Å². The van der Waals surface area contributed by atoms with Gasteiger partial charge in [-0.2, -0.15) is 0 Å². The van der Waals surface area contributed by atoms with Crippen LogP contribution in [0.2, 0.25) is 0 Å².